The molecule has 1 N–H and O–H groups in total. The minimum atomic E-state index is 0.302. The number of ether oxygens (including phenoxy) is 1. The molecule has 0 saturated heterocycles. The van der Waals surface area contributed by atoms with Crippen LogP contribution in [0.15, 0.2) is 36.4 Å². The average Bonchev–Trinajstić information content (AvgIpc) is 3.00. The fourth-order valence-corrected chi connectivity index (χ4v) is 3.06. The van der Waals surface area contributed by atoms with Crippen LogP contribution in [-0.4, -0.2) is 13.2 Å². The molecule has 1 fully saturated rings. The molecule has 0 radical (unpaired) electrons. The molecule has 2 nitrogen and oxygen atoms in total. The molecule has 20 heavy (non-hydrogen) atoms. The lowest BCUT2D eigenvalue weighted by atomic mass is 10.0. The van der Waals surface area contributed by atoms with Gasteiger partial charge in [0.15, 0.2) is 0 Å². The summed E-state index contributed by atoms with van der Waals surface area (Å²) in [4.78, 5) is 0. The van der Waals surface area contributed by atoms with Gasteiger partial charge in [0.05, 0.1) is 6.10 Å². The normalized spacial score (nSPS) is 17.5. The summed E-state index contributed by atoms with van der Waals surface area (Å²) in [5, 5.41) is 5.82. The summed E-state index contributed by atoms with van der Waals surface area (Å²) in [6.07, 6.45) is 5.37. The molecular formula is C18H23NO. The number of rotatable bonds is 4. The van der Waals surface area contributed by atoms with Gasteiger partial charge in [-0.15, -0.1) is 0 Å². The van der Waals surface area contributed by atoms with Crippen molar-refractivity contribution in [2.45, 2.75) is 44.8 Å². The van der Waals surface area contributed by atoms with Crippen LogP contribution in [0.4, 0.5) is 0 Å². The Balaban J connectivity index is 2.07. The molecule has 0 heterocycles. The molecule has 0 aliphatic heterocycles. The van der Waals surface area contributed by atoms with Crippen molar-refractivity contribution in [1.82, 2.24) is 5.32 Å². The summed E-state index contributed by atoms with van der Waals surface area (Å²) in [5.41, 5.74) is 1.26. The number of nitrogens with one attached hydrogen (secondary N) is 1. The lowest BCUT2D eigenvalue weighted by Crippen LogP contribution is -2.17. The van der Waals surface area contributed by atoms with E-state index in [0.717, 1.165) is 5.75 Å². The highest BCUT2D eigenvalue weighted by atomic mass is 16.5. The van der Waals surface area contributed by atoms with Gasteiger partial charge in [0.2, 0.25) is 0 Å². The number of benzene rings is 2. The summed E-state index contributed by atoms with van der Waals surface area (Å²) in [5.74, 6) is 1.08. The quantitative estimate of drug-likeness (QED) is 0.886. The van der Waals surface area contributed by atoms with Gasteiger partial charge in [-0.3, -0.25) is 0 Å². The van der Waals surface area contributed by atoms with Crippen molar-refractivity contribution in [2.75, 3.05) is 7.05 Å². The van der Waals surface area contributed by atoms with Crippen LogP contribution in [0.25, 0.3) is 10.8 Å². The SMILES string of the molecule is CNC(C)c1ccc2ccccc2c1OC1CCCC1. The Kier molecular flexibility index (Phi) is 3.93. The van der Waals surface area contributed by atoms with E-state index < -0.39 is 0 Å². The van der Waals surface area contributed by atoms with E-state index in [-0.39, 0.29) is 0 Å². The molecule has 0 bridgehead atoms. The van der Waals surface area contributed by atoms with Crippen LogP contribution >= 0.6 is 0 Å². The van der Waals surface area contributed by atoms with Crippen molar-refractivity contribution in [1.29, 1.82) is 0 Å². The van der Waals surface area contributed by atoms with Crippen LogP contribution in [-0.2, 0) is 0 Å². The molecule has 1 aliphatic rings. The van der Waals surface area contributed by atoms with Crippen LogP contribution in [0, 0.1) is 0 Å². The second-order valence-electron chi connectivity index (χ2n) is 5.74. The topological polar surface area (TPSA) is 21.3 Å². The third kappa shape index (κ3) is 2.53. The Labute approximate surface area is 121 Å². The van der Waals surface area contributed by atoms with Crippen LogP contribution in [0.2, 0.25) is 0 Å². The van der Waals surface area contributed by atoms with Crippen LogP contribution in [0.1, 0.15) is 44.2 Å². The van der Waals surface area contributed by atoms with Crippen molar-refractivity contribution >= 4 is 10.8 Å². The van der Waals surface area contributed by atoms with E-state index in [4.69, 9.17) is 4.74 Å². The second-order valence-corrected chi connectivity index (χ2v) is 5.74. The zero-order valence-electron chi connectivity index (χ0n) is 12.4. The lowest BCUT2D eigenvalue weighted by Gasteiger charge is -2.22. The first-order chi connectivity index (χ1) is 9.79. The van der Waals surface area contributed by atoms with Crippen LogP contribution in [0.5, 0.6) is 5.75 Å². The van der Waals surface area contributed by atoms with E-state index in [1.807, 2.05) is 7.05 Å². The van der Waals surface area contributed by atoms with E-state index in [0.29, 0.717) is 12.1 Å². The molecule has 2 aromatic rings. The second kappa shape index (κ2) is 5.84. The van der Waals surface area contributed by atoms with Crippen molar-refractivity contribution in [2.24, 2.45) is 0 Å². The molecule has 0 amide bonds. The Bertz CT molecular complexity index is 587. The fourth-order valence-electron chi connectivity index (χ4n) is 3.06. The molecule has 0 aromatic heterocycles. The fraction of sp³-hybridized carbons (Fsp3) is 0.444. The van der Waals surface area contributed by atoms with Gasteiger partial charge in [0, 0.05) is 17.0 Å². The summed E-state index contributed by atoms with van der Waals surface area (Å²) >= 11 is 0. The van der Waals surface area contributed by atoms with E-state index in [9.17, 15) is 0 Å². The van der Waals surface area contributed by atoms with Gasteiger partial charge < -0.3 is 10.1 Å². The maximum Gasteiger partial charge on any atom is 0.132 e. The third-order valence-electron chi connectivity index (χ3n) is 4.40. The molecule has 106 valence electrons. The zero-order valence-corrected chi connectivity index (χ0v) is 12.4. The van der Waals surface area contributed by atoms with Gasteiger partial charge in [-0.05, 0) is 45.0 Å². The van der Waals surface area contributed by atoms with Gasteiger partial charge in [-0.25, -0.2) is 0 Å². The highest BCUT2D eigenvalue weighted by molar-refractivity contribution is 5.89. The first-order valence-corrected chi connectivity index (χ1v) is 7.65. The Morgan fingerprint density at radius 3 is 2.60 bits per heavy atom. The molecule has 1 atom stereocenters. The highest BCUT2D eigenvalue weighted by Gasteiger charge is 2.20. The third-order valence-corrected chi connectivity index (χ3v) is 4.40. The van der Waals surface area contributed by atoms with E-state index in [2.05, 4.69) is 48.6 Å². The van der Waals surface area contributed by atoms with Crippen molar-refractivity contribution < 1.29 is 4.74 Å². The van der Waals surface area contributed by atoms with Gasteiger partial charge in [0.25, 0.3) is 0 Å². The predicted molar refractivity (Wildman–Crippen MR) is 84.3 cm³/mol. The molecule has 3 rings (SSSR count). The maximum atomic E-state index is 6.40. The van der Waals surface area contributed by atoms with Gasteiger partial charge in [0.1, 0.15) is 5.75 Å². The van der Waals surface area contributed by atoms with Crippen molar-refractivity contribution in [3.8, 4) is 5.75 Å². The standard InChI is InChI=1S/C18H23NO/c1-13(19-2)16-12-11-14-7-3-6-10-17(14)18(16)20-15-8-4-5-9-15/h3,6-7,10-13,15,19H,4-5,8-9H2,1-2H3. The Morgan fingerprint density at radius 1 is 1.10 bits per heavy atom. The van der Waals surface area contributed by atoms with Crippen molar-refractivity contribution in [3.05, 3.63) is 42.0 Å². The Hall–Kier alpha value is -1.54. The van der Waals surface area contributed by atoms with Crippen LogP contribution < -0.4 is 10.1 Å². The van der Waals surface area contributed by atoms with Gasteiger partial charge in [-0.1, -0.05) is 36.4 Å². The molecule has 0 spiro atoms. The smallest absolute Gasteiger partial charge is 0.132 e. The first-order valence-electron chi connectivity index (χ1n) is 7.65. The summed E-state index contributed by atoms with van der Waals surface area (Å²) in [6.45, 7) is 2.19. The Morgan fingerprint density at radius 2 is 1.85 bits per heavy atom. The predicted octanol–water partition coefficient (Wildman–Crippen LogP) is 4.44. The monoisotopic (exact) mass is 269 g/mol. The van der Waals surface area contributed by atoms with Crippen LogP contribution in [0.3, 0.4) is 0 Å². The minimum absolute atomic E-state index is 0.302. The number of hydrogen-bond donors (Lipinski definition) is 1. The summed E-state index contributed by atoms with van der Waals surface area (Å²) < 4.78 is 6.40. The minimum Gasteiger partial charge on any atom is -0.489 e. The van der Waals surface area contributed by atoms with E-state index in [1.54, 1.807) is 0 Å². The number of fused-ring (bicyclic) bond motifs is 1. The first kappa shape index (κ1) is 13.4. The highest BCUT2D eigenvalue weighted by Crippen LogP contribution is 2.36. The molecule has 1 aliphatic carbocycles. The largest absolute Gasteiger partial charge is 0.489 e. The summed E-state index contributed by atoms with van der Waals surface area (Å²) in [7, 11) is 2.00. The maximum absolute atomic E-state index is 6.40. The molecule has 1 saturated carbocycles. The molecule has 1 unspecified atom stereocenters. The average molecular weight is 269 g/mol. The van der Waals surface area contributed by atoms with Gasteiger partial charge in [-0.2, -0.15) is 0 Å². The zero-order chi connectivity index (χ0) is 13.9. The van der Waals surface area contributed by atoms with Crippen molar-refractivity contribution in [3.63, 3.8) is 0 Å². The molecule has 2 heteroatoms. The van der Waals surface area contributed by atoms with Gasteiger partial charge >= 0.3 is 0 Å². The molecule has 2 aromatic carbocycles. The van der Waals surface area contributed by atoms with E-state index >= 15 is 0 Å². The number of hydrogen-bond acceptors (Lipinski definition) is 2. The van der Waals surface area contributed by atoms with E-state index in [1.165, 1.54) is 42.0 Å². The lowest BCUT2D eigenvalue weighted by molar-refractivity contribution is 0.209. The molecular weight excluding hydrogens is 246 g/mol. The summed E-state index contributed by atoms with van der Waals surface area (Å²) in [6, 6.07) is 13.2.